The number of phosphoric ester groups is 1. The van der Waals surface area contributed by atoms with Gasteiger partial charge in [0, 0.05) is 6.42 Å². The molecule has 56 heavy (non-hydrogen) atoms. The number of esters is 1. The Hall–Kier alpha value is -1.12. The van der Waals surface area contributed by atoms with Crippen LogP contribution in [0.1, 0.15) is 129 Å². The summed E-state index contributed by atoms with van der Waals surface area (Å²) >= 11 is 0. The topological polar surface area (TPSA) is 293 Å². The van der Waals surface area contributed by atoms with E-state index in [1.807, 2.05) is 0 Å². The van der Waals surface area contributed by atoms with Crippen LogP contribution in [0.5, 0.6) is 0 Å². The molecule has 0 aromatic heterocycles. The summed E-state index contributed by atoms with van der Waals surface area (Å²) in [4.78, 5) is 24.8. The molecule has 2 fully saturated rings. The standard InChI is InChI=1S/C38H72NO16P/c1-2-3-4-5-6-7-8-9-10-11-12-13-14-15-16-17-18-19-20-21-22-28(42)51-24-26(41)25-52-56(49,50)55-37-35(48)33(46)32(45)34(47)36(37)54-38-29(39)31(44)30(43)27(23-40)53-38/h2-3,26-27,29-38,40-41,43-48H,4-25,39H2,1H3,(H,49,50)/b3-2-/t26-,27+,29+,30+,31+,32+,33+,34-,35+,36+,37+,38+/m0/s1. The van der Waals surface area contributed by atoms with Crippen molar-refractivity contribution in [2.45, 2.75) is 202 Å². The molecule has 0 bridgehead atoms. The lowest BCUT2D eigenvalue weighted by Gasteiger charge is -2.47. The fourth-order valence-corrected chi connectivity index (χ4v) is 7.86. The number of carbonyl (C=O) groups excluding carboxylic acids is 1. The maximum Gasteiger partial charge on any atom is 0.305 e. The molecule has 18 heteroatoms. The molecule has 0 aromatic rings. The van der Waals surface area contributed by atoms with Crippen LogP contribution in [0.25, 0.3) is 0 Å². The third-order valence-electron chi connectivity index (χ3n) is 10.4. The maximum absolute atomic E-state index is 12.7. The molecule has 1 saturated heterocycles. The summed E-state index contributed by atoms with van der Waals surface area (Å²) in [6, 6.07) is -1.26. The van der Waals surface area contributed by atoms with Gasteiger partial charge in [0.05, 0.1) is 13.2 Å². The summed E-state index contributed by atoms with van der Waals surface area (Å²) in [6.45, 7) is -0.170. The van der Waals surface area contributed by atoms with Crippen molar-refractivity contribution in [3.8, 4) is 0 Å². The highest BCUT2D eigenvalue weighted by molar-refractivity contribution is 7.45. The van der Waals surface area contributed by atoms with Gasteiger partial charge in [0.15, 0.2) is 6.04 Å². The van der Waals surface area contributed by atoms with Crippen LogP contribution >= 0.6 is 7.82 Å². The van der Waals surface area contributed by atoms with Crippen molar-refractivity contribution in [2.75, 3.05) is 19.8 Å². The lowest BCUT2D eigenvalue weighted by molar-refractivity contribution is -0.506. The predicted molar refractivity (Wildman–Crippen MR) is 201 cm³/mol. The molecule has 1 unspecified atom stereocenters. The molecule has 0 spiro atoms. The molecule has 2 rings (SSSR count). The number of hydrogen-bond acceptors (Lipinski definition) is 16. The Morgan fingerprint density at radius 1 is 0.732 bits per heavy atom. The van der Waals surface area contributed by atoms with E-state index in [1.54, 1.807) is 0 Å². The van der Waals surface area contributed by atoms with Gasteiger partial charge in [-0.05, 0) is 26.2 Å². The van der Waals surface area contributed by atoms with Crippen LogP contribution in [0.2, 0.25) is 0 Å². The van der Waals surface area contributed by atoms with E-state index in [0.717, 1.165) is 19.3 Å². The average molecular weight is 830 g/mol. The summed E-state index contributed by atoms with van der Waals surface area (Å²) in [5, 5.41) is 81.6. The van der Waals surface area contributed by atoms with Crippen LogP contribution in [-0.4, -0.2) is 140 Å². The second-order valence-corrected chi connectivity index (χ2v) is 16.6. The number of rotatable bonds is 30. The SMILES string of the molecule is C/C=C\CCCCCCCCCCCCCCCCCCCC(=O)OC[C@H](O)COP(=O)([O-])O[C@@H]1[C@H](O)[C@H](O)[C@@H](O)[C@H](O)[C@H]1O[C@H]1O[C@H](CO)[C@@H](O)[C@H](O)[C@H]1[NH3+]. The van der Waals surface area contributed by atoms with Gasteiger partial charge in [-0.25, -0.2) is 0 Å². The zero-order chi connectivity index (χ0) is 41.5. The van der Waals surface area contributed by atoms with Gasteiger partial charge >= 0.3 is 5.97 Å². The van der Waals surface area contributed by atoms with Crippen LogP contribution in [0.3, 0.4) is 0 Å². The van der Waals surface area contributed by atoms with Crippen molar-refractivity contribution in [1.29, 1.82) is 0 Å². The number of quaternary nitrogens is 1. The van der Waals surface area contributed by atoms with Gasteiger partial charge in [0.25, 0.3) is 7.82 Å². The number of carbonyl (C=O) groups is 1. The lowest BCUT2D eigenvalue weighted by atomic mass is 9.84. The van der Waals surface area contributed by atoms with Crippen LogP contribution < -0.4 is 10.6 Å². The fourth-order valence-electron chi connectivity index (χ4n) is 6.90. The molecular formula is C38H72NO16P. The first-order valence-corrected chi connectivity index (χ1v) is 22.1. The van der Waals surface area contributed by atoms with Gasteiger partial charge in [0.1, 0.15) is 67.6 Å². The first-order chi connectivity index (χ1) is 26.7. The molecule has 330 valence electrons. The molecule has 1 heterocycles. The van der Waals surface area contributed by atoms with Crippen LogP contribution in [0.15, 0.2) is 12.2 Å². The molecule has 13 atom stereocenters. The molecule has 1 saturated carbocycles. The molecule has 17 nitrogen and oxygen atoms in total. The molecule has 11 N–H and O–H groups in total. The van der Waals surface area contributed by atoms with E-state index in [1.165, 1.54) is 89.9 Å². The van der Waals surface area contributed by atoms with E-state index >= 15 is 0 Å². The van der Waals surface area contributed by atoms with Crippen LogP contribution in [0, 0.1) is 0 Å². The summed E-state index contributed by atoms with van der Waals surface area (Å²) in [6.07, 6.45) is 6.11. The summed E-state index contributed by atoms with van der Waals surface area (Å²) < 4.78 is 38.3. The van der Waals surface area contributed by atoms with E-state index in [2.05, 4.69) is 24.8 Å². The smallest absolute Gasteiger partial charge is 0.305 e. The molecule has 0 amide bonds. The van der Waals surface area contributed by atoms with Crippen molar-refractivity contribution in [2.24, 2.45) is 0 Å². The maximum atomic E-state index is 12.7. The number of allylic oxidation sites excluding steroid dienone is 2. The monoisotopic (exact) mass is 829 g/mol. The van der Waals surface area contributed by atoms with Gasteiger partial charge in [-0.3, -0.25) is 9.36 Å². The Morgan fingerprint density at radius 3 is 1.71 bits per heavy atom. The summed E-state index contributed by atoms with van der Waals surface area (Å²) in [7, 11) is -5.45. The highest BCUT2D eigenvalue weighted by atomic mass is 31.2. The minimum Gasteiger partial charge on any atom is -0.756 e. The minimum absolute atomic E-state index is 0.138. The Labute approximate surface area is 331 Å². The van der Waals surface area contributed by atoms with E-state index in [9.17, 15) is 55.1 Å². The third kappa shape index (κ3) is 18.9. The Morgan fingerprint density at radius 2 is 1.21 bits per heavy atom. The number of unbranched alkanes of at least 4 members (excludes halogenated alkanes) is 17. The zero-order valence-electron chi connectivity index (χ0n) is 33.1. The van der Waals surface area contributed by atoms with Crippen LogP contribution in [0.4, 0.5) is 0 Å². The van der Waals surface area contributed by atoms with Crippen molar-refractivity contribution in [1.82, 2.24) is 0 Å². The normalized spacial score (nSPS) is 31.4. The number of hydrogen-bond donors (Lipinski definition) is 9. The molecule has 2 aliphatic rings. The number of aliphatic hydroxyl groups is 8. The Balaban J connectivity index is 1.59. The fraction of sp³-hybridized carbons (Fsp3) is 0.921. The molecule has 1 aliphatic heterocycles. The van der Waals surface area contributed by atoms with E-state index in [0.29, 0.717) is 6.42 Å². The highest BCUT2D eigenvalue weighted by Gasteiger charge is 2.55. The highest BCUT2D eigenvalue weighted by Crippen LogP contribution is 2.44. The number of phosphoric acid groups is 1. The third-order valence-corrected chi connectivity index (χ3v) is 11.4. The average Bonchev–Trinajstić information content (AvgIpc) is 3.18. The van der Waals surface area contributed by atoms with Gasteiger partial charge < -0.3 is 74.7 Å². The Kier molecular flexibility index (Phi) is 25.8. The number of aliphatic hydroxyl groups excluding tert-OH is 8. The second kappa shape index (κ2) is 28.4. The van der Waals surface area contributed by atoms with Gasteiger partial charge in [-0.15, -0.1) is 0 Å². The van der Waals surface area contributed by atoms with Crippen molar-refractivity contribution in [3.05, 3.63) is 12.2 Å². The zero-order valence-corrected chi connectivity index (χ0v) is 34.0. The molecule has 0 radical (unpaired) electrons. The molecule has 0 aromatic carbocycles. The molecule has 1 aliphatic carbocycles. The van der Waals surface area contributed by atoms with Gasteiger partial charge in [0.2, 0.25) is 6.29 Å². The van der Waals surface area contributed by atoms with Crippen molar-refractivity contribution < 1.29 is 84.1 Å². The quantitative estimate of drug-likeness (QED) is 0.0208. The number of ether oxygens (including phenoxy) is 3. The summed E-state index contributed by atoms with van der Waals surface area (Å²) in [5.41, 5.74) is 3.61. The van der Waals surface area contributed by atoms with E-state index in [4.69, 9.17) is 23.3 Å². The molecular weight excluding hydrogens is 757 g/mol. The van der Waals surface area contributed by atoms with E-state index in [-0.39, 0.29) is 6.42 Å². The van der Waals surface area contributed by atoms with Crippen molar-refractivity contribution >= 4 is 13.8 Å². The first kappa shape index (κ1) is 51.0. The second-order valence-electron chi connectivity index (χ2n) is 15.2. The van der Waals surface area contributed by atoms with Crippen molar-refractivity contribution in [3.63, 3.8) is 0 Å². The van der Waals surface area contributed by atoms with Gasteiger partial charge in [-0.2, -0.15) is 0 Å². The Bertz CT molecular complexity index is 1120. The lowest BCUT2D eigenvalue weighted by Crippen LogP contribution is -2.79. The predicted octanol–water partition coefficient (Wildman–Crippen LogP) is 0.641. The first-order valence-electron chi connectivity index (χ1n) is 20.7. The summed E-state index contributed by atoms with van der Waals surface area (Å²) in [5.74, 6) is -0.563. The minimum atomic E-state index is -5.45. The van der Waals surface area contributed by atoms with Gasteiger partial charge in [-0.1, -0.05) is 108 Å². The van der Waals surface area contributed by atoms with E-state index < -0.39 is 107 Å². The van der Waals surface area contributed by atoms with Crippen LogP contribution in [-0.2, 0) is 32.6 Å². The largest absolute Gasteiger partial charge is 0.756 e.